The zero-order chi connectivity index (χ0) is 20.8. The lowest BCUT2D eigenvalue weighted by atomic mass is 9.96. The molecule has 0 saturated heterocycles. The second kappa shape index (κ2) is 7.50. The molecule has 7 heteroatoms. The topological polar surface area (TPSA) is 87.3 Å². The highest BCUT2D eigenvalue weighted by molar-refractivity contribution is 7.77. The van der Waals surface area contributed by atoms with Crippen LogP contribution in [-0.2, 0) is 24.7 Å². The summed E-state index contributed by atoms with van der Waals surface area (Å²) in [5.41, 5.74) is 3.63. The third-order valence-electron chi connectivity index (χ3n) is 5.69. The Hall–Kier alpha value is -2.74. The first-order valence-electron chi connectivity index (χ1n) is 9.99. The van der Waals surface area contributed by atoms with Crippen molar-refractivity contribution in [2.45, 2.75) is 25.2 Å². The second-order valence-corrected chi connectivity index (χ2v) is 8.63. The predicted molar refractivity (Wildman–Crippen MR) is 117 cm³/mol. The van der Waals surface area contributed by atoms with Gasteiger partial charge >= 0.3 is 0 Å². The van der Waals surface area contributed by atoms with Crippen LogP contribution in [0.4, 0.5) is 0 Å². The number of furan rings is 1. The predicted octanol–water partition coefficient (Wildman–Crippen LogP) is 3.76. The van der Waals surface area contributed by atoms with Crippen molar-refractivity contribution in [3.8, 4) is 11.1 Å². The molecule has 0 bridgehead atoms. The van der Waals surface area contributed by atoms with Crippen LogP contribution in [0.1, 0.15) is 30.1 Å². The number of nitrogens with zero attached hydrogens (tertiary/aromatic N) is 1. The summed E-state index contributed by atoms with van der Waals surface area (Å²) in [6, 6.07) is 13.8. The molecule has 5 rings (SSSR count). The molecule has 1 aliphatic rings. The normalized spacial score (nSPS) is 15.1. The van der Waals surface area contributed by atoms with Crippen molar-refractivity contribution in [1.29, 1.82) is 0 Å². The van der Waals surface area contributed by atoms with Gasteiger partial charge < -0.3 is 13.5 Å². The van der Waals surface area contributed by atoms with Crippen molar-refractivity contribution in [2.24, 2.45) is 7.05 Å². The summed E-state index contributed by atoms with van der Waals surface area (Å²) in [5, 5.41) is 2.54. The molecule has 6 nitrogen and oxygen atoms in total. The minimum Gasteiger partial charge on any atom is -0.760 e. The number of hydrogen-bond acceptors (Lipinski definition) is 4. The fourth-order valence-electron chi connectivity index (χ4n) is 4.06. The molecular formula is C23H21N2O4S-. The van der Waals surface area contributed by atoms with Gasteiger partial charge in [0.05, 0.1) is 0 Å². The number of aromatic nitrogens is 1. The van der Waals surface area contributed by atoms with E-state index < -0.39 is 11.3 Å². The van der Waals surface area contributed by atoms with Crippen LogP contribution in [0, 0.1) is 0 Å². The Bertz CT molecular complexity index is 1350. The number of fused-ring (bicyclic) bond motifs is 2. The summed E-state index contributed by atoms with van der Waals surface area (Å²) in [5.74, 6) is 1.48. The van der Waals surface area contributed by atoms with Crippen molar-refractivity contribution in [3.05, 3.63) is 70.3 Å². The fraction of sp³-hybridized carbons (Fsp3) is 0.261. The maximum Gasteiger partial charge on any atom is 0.258 e. The molecule has 154 valence electrons. The highest BCUT2D eigenvalue weighted by Crippen LogP contribution is 2.44. The van der Waals surface area contributed by atoms with E-state index in [1.165, 1.54) is 0 Å². The number of rotatable bonds is 6. The second-order valence-electron chi connectivity index (χ2n) is 7.87. The van der Waals surface area contributed by atoms with Gasteiger partial charge in [0.2, 0.25) is 0 Å². The van der Waals surface area contributed by atoms with Crippen LogP contribution >= 0.6 is 0 Å². The summed E-state index contributed by atoms with van der Waals surface area (Å²) in [6.45, 7) is 0.322. The first kappa shape index (κ1) is 19.2. The molecule has 2 aromatic carbocycles. The number of nitrogens with one attached hydrogen (secondary N) is 1. The number of aryl methyl sites for hydroxylation is 1. The molecule has 0 spiro atoms. The quantitative estimate of drug-likeness (QED) is 0.480. The number of benzene rings is 2. The molecule has 1 fully saturated rings. The van der Waals surface area contributed by atoms with Crippen molar-refractivity contribution in [1.82, 2.24) is 9.29 Å². The average Bonchev–Trinajstić information content (AvgIpc) is 3.49. The van der Waals surface area contributed by atoms with Crippen molar-refractivity contribution >= 4 is 33.0 Å². The molecule has 1 atom stereocenters. The van der Waals surface area contributed by atoms with Crippen LogP contribution in [0.2, 0.25) is 0 Å². The van der Waals surface area contributed by atoms with E-state index in [-0.39, 0.29) is 5.56 Å². The Morgan fingerprint density at radius 2 is 1.93 bits per heavy atom. The Kier molecular flexibility index (Phi) is 4.81. The summed E-state index contributed by atoms with van der Waals surface area (Å²) in [7, 11) is 1.75. The van der Waals surface area contributed by atoms with Gasteiger partial charge in [0.15, 0.2) is 0 Å². The van der Waals surface area contributed by atoms with Gasteiger partial charge in [-0.25, -0.2) is 4.72 Å². The Labute approximate surface area is 175 Å². The number of pyridine rings is 1. The molecule has 1 N–H and O–H groups in total. The Balaban J connectivity index is 1.73. The SMILES string of the molecule is Cn1cc(-c2cc(CCNS(=O)[O-])cc3cc(C4CC4)oc23)c2ccccc2c1=O. The summed E-state index contributed by atoms with van der Waals surface area (Å²) >= 11 is -2.28. The van der Waals surface area contributed by atoms with Crippen LogP contribution in [0.5, 0.6) is 0 Å². The van der Waals surface area contributed by atoms with E-state index in [1.54, 1.807) is 11.6 Å². The van der Waals surface area contributed by atoms with Crippen molar-refractivity contribution in [3.63, 3.8) is 0 Å². The smallest absolute Gasteiger partial charge is 0.258 e. The van der Waals surface area contributed by atoms with Crippen LogP contribution in [0.15, 0.2) is 57.9 Å². The monoisotopic (exact) mass is 421 g/mol. The molecule has 0 amide bonds. The van der Waals surface area contributed by atoms with E-state index in [1.807, 2.05) is 36.5 Å². The summed E-state index contributed by atoms with van der Waals surface area (Å²) in [6.07, 6.45) is 4.70. The Morgan fingerprint density at radius 3 is 2.67 bits per heavy atom. The lowest BCUT2D eigenvalue weighted by Crippen LogP contribution is -2.19. The van der Waals surface area contributed by atoms with E-state index in [4.69, 9.17) is 4.42 Å². The van der Waals surface area contributed by atoms with E-state index in [0.717, 1.165) is 51.6 Å². The van der Waals surface area contributed by atoms with Gasteiger partial charge in [-0.1, -0.05) is 18.2 Å². The molecule has 2 aromatic heterocycles. The van der Waals surface area contributed by atoms with Crippen LogP contribution in [0.3, 0.4) is 0 Å². The highest BCUT2D eigenvalue weighted by atomic mass is 32.2. The minimum atomic E-state index is -2.28. The third kappa shape index (κ3) is 3.49. The molecule has 30 heavy (non-hydrogen) atoms. The lowest BCUT2D eigenvalue weighted by molar-refractivity contribution is 0.523. The van der Waals surface area contributed by atoms with Gasteiger partial charge in [-0.05, 0) is 54.5 Å². The van der Waals surface area contributed by atoms with Crippen LogP contribution < -0.4 is 10.3 Å². The molecule has 0 aliphatic heterocycles. The maximum atomic E-state index is 12.6. The van der Waals surface area contributed by atoms with Gasteiger partial charge in [-0.2, -0.15) is 0 Å². The van der Waals surface area contributed by atoms with Crippen LogP contribution in [-0.4, -0.2) is 19.9 Å². The standard InChI is InChI=1S/C23H22N2O4S/c1-25-13-20(17-4-2-3-5-18(17)23(25)26)19-11-14(8-9-24-30(27)28)10-16-12-21(15-6-7-15)29-22(16)19/h2-5,10-13,15,24H,6-9H2,1H3,(H,27,28)/p-1. The largest absolute Gasteiger partial charge is 0.760 e. The van der Waals surface area contributed by atoms with Crippen molar-refractivity contribution < 1.29 is 13.2 Å². The first-order valence-corrected chi connectivity index (χ1v) is 11.1. The molecule has 4 aromatic rings. The van der Waals surface area contributed by atoms with Gasteiger partial charge in [0, 0.05) is 58.9 Å². The van der Waals surface area contributed by atoms with E-state index in [2.05, 4.69) is 16.9 Å². The first-order chi connectivity index (χ1) is 14.5. The molecule has 2 heterocycles. The van der Waals surface area contributed by atoms with Gasteiger partial charge in [-0.3, -0.25) is 9.00 Å². The third-order valence-corrected chi connectivity index (χ3v) is 6.13. The maximum absolute atomic E-state index is 12.6. The fourth-order valence-corrected chi connectivity index (χ4v) is 4.33. The lowest BCUT2D eigenvalue weighted by Gasteiger charge is -2.12. The van der Waals surface area contributed by atoms with E-state index in [0.29, 0.717) is 24.3 Å². The van der Waals surface area contributed by atoms with Crippen LogP contribution in [0.25, 0.3) is 32.9 Å². The zero-order valence-corrected chi connectivity index (χ0v) is 17.3. The van der Waals surface area contributed by atoms with Gasteiger partial charge in [0.1, 0.15) is 11.3 Å². The van der Waals surface area contributed by atoms with E-state index in [9.17, 15) is 13.6 Å². The highest BCUT2D eigenvalue weighted by Gasteiger charge is 2.28. The molecule has 0 radical (unpaired) electrons. The van der Waals surface area contributed by atoms with Gasteiger partial charge in [0.25, 0.3) is 5.56 Å². The average molecular weight is 421 g/mol. The molecule has 1 aliphatic carbocycles. The summed E-state index contributed by atoms with van der Waals surface area (Å²) < 4.78 is 32.0. The molecule has 1 saturated carbocycles. The number of hydrogen-bond donors (Lipinski definition) is 1. The molecular weight excluding hydrogens is 400 g/mol. The zero-order valence-electron chi connectivity index (χ0n) is 16.5. The molecule has 1 unspecified atom stereocenters. The van der Waals surface area contributed by atoms with Crippen molar-refractivity contribution in [2.75, 3.05) is 6.54 Å². The van der Waals surface area contributed by atoms with Gasteiger partial charge in [-0.15, -0.1) is 0 Å². The Morgan fingerprint density at radius 1 is 1.17 bits per heavy atom. The van der Waals surface area contributed by atoms with E-state index >= 15 is 0 Å². The minimum absolute atomic E-state index is 0.0398. The summed E-state index contributed by atoms with van der Waals surface area (Å²) in [4.78, 5) is 12.6.